The number of carbonyl (C=O) groups excluding carboxylic acids is 1. The zero-order valence-electron chi connectivity index (χ0n) is 12.7. The topological polar surface area (TPSA) is 83.9 Å². The molecule has 0 aliphatic carbocycles. The van der Waals surface area contributed by atoms with Crippen molar-refractivity contribution in [1.29, 1.82) is 0 Å². The lowest BCUT2D eigenvalue weighted by Crippen LogP contribution is -2.22. The number of hydrogen-bond donors (Lipinski definition) is 1. The summed E-state index contributed by atoms with van der Waals surface area (Å²) in [4.78, 5) is 31.3. The van der Waals surface area contributed by atoms with E-state index in [-0.39, 0.29) is 11.6 Å². The fraction of sp³-hybridized carbons (Fsp3) is 0.400. The van der Waals surface area contributed by atoms with Gasteiger partial charge in [0.15, 0.2) is 0 Å². The van der Waals surface area contributed by atoms with Crippen LogP contribution in [0.25, 0.3) is 0 Å². The van der Waals surface area contributed by atoms with Crippen LogP contribution in [-0.4, -0.2) is 38.9 Å². The number of aromatic nitrogens is 4. The van der Waals surface area contributed by atoms with Gasteiger partial charge in [-0.25, -0.2) is 15.0 Å². The van der Waals surface area contributed by atoms with Crippen LogP contribution in [0.15, 0.2) is 18.6 Å². The highest BCUT2D eigenvalue weighted by molar-refractivity contribution is 6.03. The minimum absolute atomic E-state index is 0.268. The summed E-state index contributed by atoms with van der Waals surface area (Å²) < 4.78 is 0. The number of aryl methyl sites for hydroxylation is 2. The lowest BCUT2D eigenvalue weighted by atomic mass is 10.2. The monoisotopic (exact) mass is 298 g/mol. The van der Waals surface area contributed by atoms with Crippen molar-refractivity contribution in [2.24, 2.45) is 0 Å². The molecule has 2 aromatic rings. The van der Waals surface area contributed by atoms with Gasteiger partial charge in [0.05, 0.1) is 23.3 Å². The normalized spacial score (nSPS) is 14.2. The second-order valence-corrected chi connectivity index (χ2v) is 5.31. The Morgan fingerprint density at radius 2 is 1.82 bits per heavy atom. The number of hydrogen-bond acceptors (Lipinski definition) is 6. The summed E-state index contributed by atoms with van der Waals surface area (Å²) in [5.41, 5.74) is 2.42. The van der Waals surface area contributed by atoms with Crippen LogP contribution < -0.4 is 10.2 Å². The third-order valence-corrected chi connectivity index (χ3v) is 3.68. The third kappa shape index (κ3) is 2.88. The average molecular weight is 298 g/mol. The third-order valence-electron chi connectivity index (χ3n) is 3.68. The molecule has 3 rings (SSSR count). The molecule has 0 radical (unpaired) electrons. The summed E-state index contributed by atoms with van der Waals surface area (Å²) in [7, 11) is 0. The molecule has 0 atom stereocenters. The Bertz CT molecular complexity index is 659. The van der Waals surface area contributed by atoms with Crippen molar-refractivity contribution in [3.63, 3.8) is 0 Å². The van der Waals surface area contributed by atoms with E-state index < -0.39 is 0 Å². The zero-order valence-corrected chi connectivity index (χ0v) is 12.7. The van der Waals surface area contributed by atoms with Crippen molar-refractivity contribution < 1.29 is 4.79 Å². The van der Waals surface area contributed by atoms with Crippen molar-refractivity contribution in [2.45, 2.75) is 26.7 Å². The van der Waals surface area contributed by atoms with Crippen LogP contribution in [0.5, 0.6) is 0 Å². The molecular weight excluding hydrogens is 280 g/mol. The molecule has 1 N–H and O–H groups in total. The Kier molecular flexibility index (Phi) is 3.95. The molecule has 7 heteroatoms. The molecule has 22 heavy (non-hydrogen) atoms. The van der Waals surface area contributed by atoms with Crippen molar-refractivity contribution in [2.75, 3.05) is 23.3 Å². The maximum absolute atomic E-state index is 12.2. The van der Waals surface area contributed by atoms with E-state index in [4.69, 9.17) is 0 Å². The predicted octanol–water partition coefficient (Wildman–Crippen LogP) is 1.74. The molecule has 1 fully saturated rings. The fourth-order valence-corrected chi connectivity index (χ4v) is 2.53. The first-order valence-electron chi connectivity index (χ1n) is 7.32. The van der Waals surface area contributed by atoms with Crippen molar-refractivity contribution in [3.05, 3.63) is 35.7 Å². The highest BCUT2D eigenvalue weighted by Crippen LogP contribution is 2.23. The van der Waals surface area contributed by atoms with Crippen LogP contribution in [0, 0.1) is 13.8 Å². The number of carbonyl (C=O) groups is 1. The highest BCUT2D eigenvalue weighted by atomic mass is 16.1. The van der Waals surface area contributed by atoms with Gasteiger partial charge in [0.25, 0.3) is 5.91 Å². The molecule has 1 saturated heterocycles. The SMILES string of the molecule is Cc1nc(N2CCCC2)nc(C)c1NC(=O)c1cnccn1. The van der Waals surface area contributed by atoms with Crippen LogP contribution in [0.4, 0.5) is 11.6 Å². The van der Waals surface area contributed by atoms with Crippen LogP contribution in [0.1, 0.15) is 34.7 Å². The molecular formula is C15H18N6O. The van der Waals surface area contributed by atoms with Gasteiger partial charge in [-0.1, -0.05) is 0 Å². The summed E-state index contributed by atoms with van der Waals surface area (Å²) in [5, 5.41) is 2.83. The van der Waals surface area contributed by atoms with E-state index >= 15 is 0 Å². The lowest BCUT2D eigenvalue weighted by molar-refractivity contribution is 0.102. The number of nitrogens with zero attached hydrogens (tertiary/aromatic N) is 5. The van der Waals surface area contributed by atoms with Crippen molar-refractivity contribution >= 4 is 17.5 Å². The van der Waals surface area contributed by atoms with Gasteiger partial charge in [-0.3, -0.25) is 9.78 Å². The minimum Gasteiger partial charge on any atom is -0.341 e. The highest BCUT2D eigenvalue weighted by Gasteiger charge is 2.19. The Labute approximate surface area is 128 Å². The Morgan fingerprint density at radius 1 is 1.14 bits per heavy atom. The first-order valence-corrected chi connectivity index (χ1v) is 7.32. The Morgan fingerprint density at radius 3 is 2.41 bits per heavy atom. The number of anilines is 2. The molecule has 7 nitrogen and oxygen atoms in total. The molecule has 2 aromatic heterocycles. The fourth-order valence-electron chi connectivity index (χ4n) is 2.53. The smallest absolute Gasteiger partial charge is 0.275 e. The van der Waals surface area contributed by atoms with E-state index in [9.17, 15) is 4.79 Å². The van der Waals surface area contributed by atoms with Crippen LogP contribution in [-0.2, 0) is 0 Å². The van der Waals surface area contributed by atoms with E-state index in [1.54, 1.807) is 0 Å². The standard InChI is InChI=1S/C15H18N6O/c1-10-13(20-14(22)12-9-16-5-6-17-12)11(2)19-15(18-10)21-7-3-4-8-21/h5-6,9H,3-4,7-8H2,1-2H3,(H,20,22). The zero-order chi connectivity index (χ0) is 15.5. The largest absolute Gasteiger partial charge is 0.341 e. The molecule has 0 unspecified atom stereocenters. The summed E-state index contributed by atoms with van der Waals surface area (Å²) in [6.07, 6.45) is 6.79. The van der Waals surface area contributed by atoms with E-state index in [0.29, 0.717) is 5.69 Å². The van der Waals surface area contributed by atoms with Crippen molar-refractivity contribution in [1.82, 2.24) is 19.9 Å². The van der Waals surface area contributed by atoms with Crippen LogP contribution >= 0.6 is 0 Å². The first-order chi connectivity index (χ1) is 10.6. The second-order valence-electron chi connectivity index (χ2n) is 5.31. The van der Waals surface area contributed by atoms with Gasteiger partial charge >= 0.3 is 0 Å². The van der Waals surface area contributed by atoms with Crippen molar-refractivity contribution in [3.8, 4) is 0 Å². The molecule has 0 aromatic carbocycles. The Hall–Kier alpha value is -2.57. The lowest BCUT2D eigenvalue weighted by Gasteiger charge is -2.18. The molecule has 0 spiro atoms. The molecule has 0 bridgehead atoms. The summed E-state index contributed by atoms with van der Waals surface area (Å²) in [6, 6.07) is 0. The minimum atomic E-state index is -0.308. The van der Waals surface area contributed by atoms with Gasteiger partial charge in [0.1, 0.15) is 5.69 Å². The van der Waals surface area contributed by atoms with Gasteiger partial charge in [-0.15, -0.1) is 0 Å². The molecule has 1 amide bonds. The van der Waals surface area contributed by atoms with Gasteiger partial charge in [-0.2, -0.15) is 0 Å². The first kappa shape index (κ1) is 14.4. The second kappa shape index (κ2) is 6.05. The van der Waals surface area contributed by atoms with Gasteiger partial charge in [-0.05, 0) is 26.7 Å². The van der Waals surface area contributed by atoms with E-state index in [0.717, 1.165) is 30.4 Å². The summed E-state index contributed by atoms with van der Waals surface area (Å²) in [5.74, 6) is 0.432. The quantitative estimate of drug-likeness (QED) is 0.929. The van der Waals surface area contributed by atoms with E-state index in [1.165, 1.54) is 31.4 Å². The van der Waals surface area contributed by atoms with Gasteiger partial charge < -0.3 is 10.2 Å². The van der Waals surface area contributed by atoms with E-state index in [2.05, 4.69) is 30.2 Å². The molecule has 1 aliphatic heterocycles. The van der Waals surface area contributed by atoms with E-state index in [1.807, 2.05) is 13.8 Å². The van der Waals surface area contributed by atoms with Crippen LogP contribution in [0.3, 0.4) is 0 Å². The summed E-state index contributed by atoms with van der Waals surface area (Å²) in [6.45, 7) is 5.73. The number of nitrogens with one attached hydrogen (secondary N) is 1. The number of amides is 1. The van der Waals surface area contributed by atoms with Gasteiger partial charge in [0.2, 0.25) is 5.95 Å². The molecule has 0 saturated carbocycles. The molecule has 114 valence electrons. The van der Waals surface area contributed by atoms with Crippen LogP contribution in [0.2, 0.25) is 0 Å². The summed E-state index contributed by atoms with van der Waals surface area (Å²) >= 11 is 0. The van der Waals surface area contributed by atoms with Gasteiger partial charge in [0, 0.05) is 25.5 Å². The predicted molar refractivity (Wildman–Crippen MR) is 82.9 cm³/mol. The Balaban J connectivity index is 1.83. The number of rotatable bonds is 3. The maximum atomic E-state index is 12.2. The molecule has 3 heterocycles. The molecule has 1 aliphatic rings. The maximum Gasteiger partial charge on any atom is 0.275 e. The average Bonchev–Trinajstić information content (AvgIpc) is 3.06.